The van der Waals surface area contributed by atoms with Crippen LogP contribution in [0.4, 0.5) is 5.69 Å². The first-order valence-electron chi connectivity index (χ1n) is 10.7. The third-order valence-corrected chi connectivity index (χ3v) is 6.42. The van der Waals surface area contributed by atoms with Gasteiger partial charge in [0.05, 0.1) is 18.6 Å². The first-order valence-corrected chi connectivity index (χ1v) is 11.7. The Kier molecular flexibility index (Phi) is 6.65. The van der Waals surface area contributed by atoms with Gasteiger partial charge in [-0.1, -0.05) is 30.0 Å². The number of nitrogens with zero attached hydrogens (tertiary/aromatic N) is 3. The molecule has 2 amide bonds. The van der Waals surface area contributed by atoms with Gasteiger partial charge in [0.2, 0.25) is 5.91 Å². The molecular weight excluding hydrogens is 422 g/mol. The maximum absolute atomic E-state index is 13.4. The number of likely N-dealkylation sites (tertiary alicyclic amines) is 1. The normalized spacial score (nSPS) is 17.3. The number of rotatable bonds is 5. The smallest absolute Gasteiger partial charge is 0.283 e. The molecule has 1 fully saturated rings. The number of hydrogen-bond acceptors (Lipinski definition) is 5. The van der Waals surface area contributed by atoms with Crippen LogP contribution >= 0.6 is 11.8 Å². The molecule has 7 heteroatoms. The molecule has 166 valence electrons. The van der Waals surface area contributed by atoms with Crippen molar-refractivity contribution in [3.05, 3.63) is 64.9 Å². The van der Waals surface area contributed by atoms with Gasteiger partial charge in [-0.3, -0.25) is 14.5 Å². The van der Waals surface area contributed by atoms with E-state index in [1.165, 1.54) is 11.8 Å². The zero-order valence-corrected chi connectivity index (χ0v) is 19.4. The van der Waals surface area contributed by atoms with Crippen molar-refractivity contribution < 1.29 is 14.3 Å². The van der Waals surface area contributed by atoms with Crippen LogP contribution in [0.2, 0.25) is 0 Å². The first kappa shape index (κ1) is 22.1. The number of amidine groups is 1. The molecule has 0 aromatic heterocycles. The molecule has 0 unspecified atom stereocenters. The molecule has 2 aromatic rings. The van der Waals surface area contributed by atoms with Gasteiger partial charge in [0.25, 0.3) is 5.91 Å². The van der Waals surface area contributed by atoms with Crippen molar-refractivity contribution in [2.75, 3.05) is 30.9 Å². The van der Waals surface area contributed by atoms with E-state index in [1.807, 2.05) is 55.1 Å². The zero-order chi connectivity index (χ0) is 22.7. The van der Waals surface area contributed by atoms with Crippen LogP contribution in [-0.2, 0) is 9.59 Å². The number of hydrogen-bond donors (Lipinski definition) is 0. The second-order valence-corrected chi connectivity index (χ2v) is 9.00. The van der Waals surface area contributed by atoms with E-state index in [9.17, 15) is 9.59 Å². The average Bonchev–Trinajstić information content (AvgIpc) is 3.41. The second kappa shape index (κ2) is 9.61. The monoisotopic (exact) mass is 449 g/mol. The molecule has 0 saturated carbocycles. The summed E-state index contributed by atoms with van der Waals surface area (Å²) in [5, 5.41) is 0.535. The molecule has 0 bridgehead atoms. The van der Waals surface area contributed by atoms with Crippen molar-refractivity contribution in [3.8, 4) is 5.75 Å². The van der Waals surface area contributed by atoms with Crippen LogP contribution in [0, 0.1) is 13.8 Å². The molecule has 0 radical (unpaired) electrons. The summed E-state index contributed by atoms with van der Waals surface area (Å²) in [5.41, 5.74) is 4.12. The summed E-state index contributed by atoms with van der Waals surface area (Å²) in [6, 6.07) is 13.5. The van der Waals surface area contributed by atoms with Crippen LogP contribution in [0.25, 0.3) is 6.08 Å². The number of aliphatic imine (C=N–C) groups is 1. The van der Waals surface area contributed by atoms with Gasteiger partial charge in [0, 0.05) is 13.1 Å². The number of carbonyl (C=O) groups is 2. The minimum atomic E-state index is -0.193. The zero-order valence-electron chi connectivity index (χ0n) is 18.6. The number of anilines is 1. The van der Waals surface area contributed by atoms with Gasteiger partial charge in [0.1, 0.15) is 11.4 Å². The highest BCUT2D eigenvalue weighted by Gasteiger charge is 2.33. The van der Waals surface area contributed by atoms with Gasteiger partial charge < -0.3 is 9.64 Å². The molecule has 2 aromatic carbocycles. The number of carbonyl (C=O) groups excluding carboxylic acids is 2. The topological polar surface area (TPSA) is 62.2 Å². The summed E-state index contributed by atoms with van der Waals surface area (Å²) < 4.78 is 5.21. The fourth-order valence-corrected chi connectivity index (χ4v) is 4.86. The number of methoxy groups -OCH3 is 1. The Morgan fingerprint density at radius 3 is 2.38 bits per heavy atom. The van der Waals surface area contributed by atoms with Crippen LogP contribution in [-0.4, -0.2) is 47.8 Å². The minimum Gasteiger partial charge on any atom is -0.497 e. The number of ether oxygens (including phenoxy) is 1. The summed E-state index contributed by atoms with van der Waals surface area (Å²) in [5.74, 6) is 0.919. The Bertz CT molecular complexity index is 1070. The number of thioether (sulfide) groups is 1. The van der Waals surface area contributed by atoms with Crippen molar-refractivity contribution in [3.63, 3.8) is 0 Å². The van der Waals surface area contributed by atoms with Crippen LogP contribution in [0.15, 0.2) is 53.2 Å². The summed E-state index contributed by atoms with van der Waals surface area (Å²) >= 11 is 1.32. The lowest BCUT2D eigenvalue weighted by molar-refractivity contribution is -0.127. The summed E-state index contributed by atoms with van der Waals surface area (Å²) in [4.78, 5) is 34.1. The number of amides is 2. The molecule has 2 aliphatic rings. The van der Waals surface area contributed by atoms with E-state index in [2.05, 4.69) is 11.1 Å². The highest BCUT2D eigenvalue weighted by molar-refractivity contribution is 8.14. The molecular formula is C25H27N3O3S. The Hall–Kier alpha value is -3.06. The molecule has 1 saturated heterocycles. The Labute approximate surface area is 193 Å². The lowest BCUT2D eigenvalue weighted by atomic mass is 10.1. The van der Waals surface area contributed by atoms with E-state index in [1.54, 1.807) is 18.1 Å². The SMILES string of the molecule is COc1ccc(/C=C2\N=C(SCC(=O)N3CCCC3)N(c3cc(C)cc(C)c3)C2=O)cc1. The molecule has 0 N–H and O–H groups in total. The average molecular weight is 450 g/mol. The van der Waals surface area contributed by atoms with Gasteiger partial charge in [-0.15, -0.1) is 0 Å². The minimum absolute atomic E-state index is 0.0932. The van der Waals surface area contributed by atoms with Crippen molar-refractivity contribution in [2.24, 2.45) is 4.99 Å². The van der Waals surface area contributed by atoms with E-state index < -0.39 is 0 Å². The van der Waals surface area contributed by atoms with Crippen molar-refractivity contribution in [1.29, 1.82) is 0 Å². The number of benzene rings is 2. The molecule has 4 rings (SSSR count). The number of aryl methyl sites for hydroxylation is 2. The van der Waals surface area contributed by atoms with Gasteiger partial charge in [0.15, 0.2) is 5.17 Å². The van der Waals surface area contributed by atoms with E-state index >= 15 is 0 Å². The van der Waals surface area contributed by atoms with E-state index in [4.69, 9.17) is 4.74 Å². The van der Waals surface area contributed by atoms with Gasteiger partial charge in [-0.25, -0.2) is 4.99 Å². The summed E-state index contributed by atoms with van der Waals surface area (Å²) in [7, 11) is 1.62. The predicted molar refractivity (Wildman–Crippen MR) is 130 cm³/mol. The van der Waals surface area contributed by atoms with Crippen LogP contribution < -0.4 is 9.64 Å². The lowest BCUT2D eigenvalue weighted by Crippen LogP contribution is -2.33. The second-order valence-electron chi connectivity index (χ2n) is 8.06. The molecule has 2 heterocycles. The Morgan fingerprint density at radius 2 is 1.75 bits per heavy atom. The highest BCUT2D eigenvalue weighted by atomic mass is 32.2. The third-order valence-electron chi connectivity index (χ3n) is 5.50. The van der Waals surface area contributed by atoms with E-state index in [-0.39, 0.29) is 17.6 Å². The Morgan fingerprint density at radius 1 is 1.09 bits per heavy atom. The van der Waals surface area contributed by atoms with Crippen LogP contribution in [0.1, 0.15) is 29.5 Å². The summed E-state index contributed by atoms with van der Waals surface area (Å²) in [6.07, 6.45) is 3.88. The first-order chi connectivity index (χ1) is 15.4. The third kappa shape index (κ3) is 4.88. The predicted octanol–water partition coefficient (Wildman–Crippen LogP) is 4.41. The van der Waals surface area contributed by atoms with Gasteiger partial charge >= 0.3 is 0 Å². The van der Waals surface area contributed by atoms with Crippen molar-refractivity contribution in [1.82, 2.24) is 4.90 Å². The molecule has 2 aliphatic heterocycles. The standard InChI is InChI=1S/C25H27N3O3S/c1-17-12-18(2)14-20(13-17)28-24(30)22(15-19-6-8-21(31-3)9-7-19)26-25(28)32-16-23(29)27-10-4-5-11-27/h6-9,12-15H,4-5,10-11,16H2,1-3H3/b22-15-. The Balaban J connectivity index is 1.63. The molecule has 0 aliphatic carbocycles. The van der Waals surface area contributed by atoms with E-state index in [0.29, 0.717) is 10.9 Å². The van der Waals surface area contributed by atoms with Crippen LogP contribution in [0.5, 0.6) is 5.75 Å². The molecule has 6 nitrogen and oxygen atoms in total. The lowest BCUT2D eigenvalue weighted by Gasteiger charge is -2.20. The largest absolute Gasteiger partial charge is 0.497 e. The maximum atomic E-state index is 13.4. The quantitative estimate of drug-likeness (QED) is 0.635. The van der Waals surface area contributed by atoms with Crippen molar-refractivity contribution in [2.45, 2.75) is 26.7 Å². The fourth-order valence-electron chi connectivity index (χ4n) is 3.94. The molecule has 0 spiro atoms. The molecule has 32 heavy (non-hydrogen) atoms. The van der Waals surface area contributed by atoms with Crippen molar-refractivity contribution >= 4 is 40.5 Å². The van der Waals surface area contributed by atoms with E-state index in [0.717, 1.165) is 54.1 Å². The van der Waals surface area contributed by atoms with Gasteiger partial charge in [-0.05, 0) is 73.7 Å². The summed E-state index contributed by atoms with van der Waals surface area (Å²) in [6.45, 7) is 5.64. The highest BCUT2D eigenvalue weighted by Crippen LogP contribution is 2.31. The maximum Gasteiger partial charge on any atom is 0.283 e. The van der Waals surface area contributed by atoms with Gasteiger partial charge in [-0.2, -0.15) is 0 Å². The fraction of sp³-hybridized carbons (Fsp3) is 0.320. The molecule has 0 atom stereocenters. The van der Waals surface area contributed by atoms with Crippen LogP contribution in [0.3, 0.4) is 0 Å².